The van der Waals surface area contributed by atoms with E-state index in [1.54, 1.807) is 11.1 Å². The number of hydrogen-bond acceptors (Lipinski definition) is 0. The summed E-state index contributed by atoms with van der Waals surface area (Å²) >= 11 is 0. The molecule has 0 amide bonds. The molecule has 2 unspecified atom stereocenters. The van der Waals surface area contributed by atoms with Crippen molar-refractivity contribution in [3.8, 4) is 0 Å². The highest BCUT2D eigenvalue weighted by Crippen LogP contribution is 2.37. The van der Waals surface area contributed by atoms with Crippen LogP contribution in [0.2, 0.25) is 0 Å². The van der Waals surface area contributed by atoms with E-state index in [1.807, 2.05) is 32.0 Å². The van der Waals surface area contributed by atoms with Gasteiger partial charge in [0.1, 0.15) is 0 Å². The first kappa shape index (κ1) is 23.0. The van der Waals surface area contributed by atoms with Gasteiger partial charge in [-0.2, -0.15) is 0 Å². The van der Waals surface area contributed by atoms with E-state index in [0.29, 0.717) is 0 Å². The lowest BCUT2D eigenvalue weighted by Crippen LogP contribution is -2.17. The maximum atomic E-state index is 2.33. The van der Waals surface area contributed by atoms with Crippen LogP contribution in [0.4, 0.5) is 0 Å². The minimum absolute atomic E-state index is 0. The minimum Gasteiger partial charge on any atom is -0.0776 e. The molecule has 126 valence electrons. The number of hydrogen-bond donors (Lipinski definition) is 0. The zero-order valence-electron chi connectivity index (χ0n) is 15.5. The molecule has 1 aromatic carbocycles. The van der Waals surface area contributed by atoms with E-state index in [4.69, 9.17) is 0 Å². The number of rotatable bonds is 0. The van der Waals surface area contributed by atoms with Crippen LogP contribution < -0.4 is 0 Å². The van der Waals surface area contributed by atoms with Gasteiger partial charge in [-0.15, -0.1) is 0 Å². The fourth-order valence-electron chi connectivity index (χ4n) is 2.56. The summed E-state index contributed by atoms with van der Waals surface area (Å²) in [5.74, 6) is 1.46. The monoisotopic (exact) mass is 302 g/mol. The quantitative estimate of drug-likeness (QED) is 0.462. The number of benzene rings is 1. The molecular formula is C22H38. The molecular weight excluding hydrogens is 264 g/mol. The second-order valence-electron chi connectivity index (χ2n) is 5.85. The van der Waals surface area contributed by atoms with Crippen molar-refractivity contribution in [3.63, 3.8) is 0 Å². The van der Waals surface area contributed by atoms with Crippen molar-refractivity contribution >= 4 is 0 Å². The molecule has 0 bridgehead atoms. The zero-order chi connectivity index (χ0) is 16.6. The van der Waals surface area contributed by atoms with Gasteiger partial charge < -0.3 is 0 Å². The molecule has 0 fully saturated rings. The molecule has 2 atom stereocenters. The van der Waals surface area contributed by atoms with Crippen LogP contribution in [0.1, 0.15) is 68.4 Å². The molecule has 1 aromatic rings. The molecule has 0 saturated carbocycles. The van der Waals surface area contributed by atoms with Crippen LogP contribution >= 0.6 is 0 Å². The van der Waals surface area contributed by atoms with E-state index in [-0.39, 0.29) is 7.43 Å². The van der Waals surface area contributed by atoms with E-state index in [0.717, 1.165) is 11.8 Å². The predicted molar refractivity (Wildman–Crippen MR) is 104 cm³/mol. The lowest BCUT2D eigenvalue weighted by Gasteiger charge is -2.30. The topological polar surface area (TPSA) is 0 Å². The van der Waals surface area contributed by atoms with Gasteiger partial charge in [0, 0.05) is 0 Å². The first-order valence-electron chi connectivity index (χ1n) is 8.23. The maximum absolute atomic E-state index is 2.33. The Kier molecular flexibility index (Phi) is 11.8. The third kappa shape index (κ3) is 6.22. The lowest BCUT2D eigenvalue weighted by molar-refractivity contribution is 0.486. The van der Waals surface area contributed by atoms with Crippen molar-refractivity contribution < 1.29 is 0 Å². The second kappa shape index (κ2) is 11.3. The number of allylic oxidation sites excluding steroid dienone is 4. The van der Waals surface area contributed by atoms with Gasteiger partial charge in [0.15, 0.2) is 0 Å². The van der Waals surface area contributed by atoms with E-state index in [9.17, 15) is 0 Å². The van der Waals surface area contributed by atoms with E-state index >= 15 is 0 Å². The van der Waals surface area contributed by atoms with Gasteiger partial charge in [-0.25, -0.2) is 0 Å². The molecule has 0 aromatic heterocycles. The van der Waals surface area contributed by atoms with Crippen LogP contribution in [-0.4, -0.2) is 0 Å². The van der Waals surface area contributed by atoms with Gasteiger partial charge in [-0.05, 0) is 57.6 Å². The molecule has 0 nitrogen and oxygen atoms in total. The summed E-state index contributed by atoms with van der Waals surface area (Å²) < 4.78 is 0. The summed E-state index contributed by atoms with van der Waals surface area (Å²) in [4.78, 5) is 0. The Morgan fingerprint density at radius 1 is 0.636 bits per heavy atom. The standard InChI is InChI=1S/C12H20.C7H8.C2H6.CH4/c1-7-8(2)10(4)12(6)11(5)9(7)3;1-7-5-3-2-4-6-7;1-2;/h7-8H,1-6H3;2-6H,1H3;1-2H3;1H4. The van der Waals surface area contributed by atoms with Crippen LogP contribution in [0.15, 0.2) is 52.6 Å². The summed E-state index contributed by atoms with van der Waals surface area (Å²) in [6.07, 6.45) is 0. The predicted octanol–water partition coefficient (Wildman–Crippen LogP) is 7.60. The van der Waals surface area contributed by atoms with Crippen molar-refractivity contribution in [2.24, 2.45) is 11.8 Å². The van der Waals surface area contributed by atoms with Gasteiger partial charge in [-0.3, -0.25) is 0 Å². The largest absolute Gasteiger partial charge is 0.0776 e. The Labute approximate surface area is 140 Å². The molecule has 1 aliphatic rings. The van der Waals surface area contributed by atoms with Gasteiger partial charge in [0.2, 0.25) is 0 Å². The van der Waals surface area contributed by atoms with Crippen molar-refractivity contribution in [1.82, 2.24) is 0 Å². The molecule has 0 heterocycles. The summed E-state index contributed by atoms with van der Waals surface area (Å²) in [5, 5.41) is 0. The van der Waals surface area contributed by atoms with Gasteiger partial charge in [0.25, 0.3) is 0 Å². The lowest BCUT2D eigenvalue weighted by atomic mass is 9.75. The van der Waals surface area contributed by atoms with Crippen molar-refractivity contribution in [3.05, 3.63) is 58.2 Å². The fourth-order valence-corrected chi connectivity index (χ4v) is 2.56. The Balaban J connectivity index is 0. The Hall–Kier alpha value is -1.30. The summed E-state index contributed by atoms with van der Waals surface area (Å²) in [6, 6.07) is 10.3. The van der Waals surface area contributed by atoms with Crippen LogP contribution in [0.3, 0.4) is 0 Å². The van der Waals surface area contributed by atoms with Crippen molar-refractivity contribution in [2.75, 3.05) is 0 Å². The second-order valence-corrected chi connectivity index (χ2v) is 5.85. The Morgan fingerprint density at radius 3 is 1.18 bits per heavy atom. The van der Waals surface area contributed by atoms with E-state index in [1.165, 1.54) is 16.7 Å². The average molecular weight is 303 g/mol. The third-order valence-electron chi connectivity index (χ3n) is 4.80. The van der Waals surface area contributed by atoms with E-state index in [2.05, 4.69) is 60.6 Å². The first-order valence-corrected chi connectivity index (χ1v) is 8.23. The molecule has 0 aliphatic heterocycles. The van der Waals surface area contributed by atoms with Crippen molar-refractivity contribution in [1.29, 1.82) is 0 Å². The molecule has 0 spiro atoms. The minimum atomic E-state index is 0. The summed E-state index contributed by atoms with van der Waals surface area (Å²) in [5.41, 5.74) is 7.50. The zero-order valence-corrected chi connectivity index (χ0v) is 15.5. The highest BCUT2D eigenvalue weighted by atomic mass is 14.3. The molecule has 0 N–H and O–H groups in total. The van der Waals surface area contributed by atoms with E-state index < -0.39 is 0 Å². The van der Waals surface area contributed by atoms with Gasteiger partial charge in [-0.1, -0.05) is 82.2 Å². The SMILES string of the molecule is C.CC.CC1=C(C)C(C)C(C)C(C)=C1C.Cc1ccccc1. The van der Waals surface area contributed by atoms with Gasteiger partial charge >= 0.3 is 0 Å². The highest BCUT2D eigenvalue weighted by Gasteiger charge is 2.23. The summed E-state index contributed by atoms with van der Waals surface area (Å²) in [6.45, 7) is 19.8. The summed E-state index contributed by atoms with van der Waals surface area (Å²) in [7, 11) is 0. The van der Waals surface area contributed by atoms with Crippen LogP contribution in [-0.2, 0) is 0 Å². The molecule has 0 radical (unpaired) electrons. The Morgan fingerprint density at radius 2 is 0.955 bits per heavy atom. The smallest absolute Gasteiger partial charge is 0.0165 e. The Bertz CT molecular complexity index is 446. The number of aryl methyl sites for hydroxylation is 1. The highest BCUT2D eigenvalue weighted by molar-refractivity contribution is 5.41. The fraction of sp³-hybridized carbons (Fsp3) is 0.545. The average Bonchev–Trinajstić information content (AvgIpc) is 2.52. The molecule has 2 rings (SSSR count). The van der Waals surface area contributed by atoms with Crippen LogP contribution in [0.5, 0.6) is 0 Å². The molecule has 22 heavy (non-hydrogen) atoms. The normalized spacial score (nSPS) is 20.2. The van der Waals surface area contributed by atoms with Crippen LogP contribution in [0, 0.1) is 18.8 Å². The first-order chi connectivity index (χ1) is 9.86. The third-order valence-corrected chi connectivity index (χ3v) is 4.80. The molecule has 1 aliphatic carbocycles. The van der Waals surface area contributed by atoms with Crippen LogP contribution in [0.25, 0.3) is 0 Å². The maximum Gasteiger partial charge on any atom is -0.0165 e. The molecule has 0 heteroatoms. The van der Waals surface area contributed by atoms with Crippen molar-refractivity contribution in [2.45, 2.75) is 69.7 Å². The molecule has 0 saturated heterocycles. The van der Waals surface area contributed by atoms with Gasteiger partial charge in [0.05, 0.1) is 0 Å².